The van der Waals surface area contributed by atoms with Crippen molar-refractivity contribution in [2.45, 2.75) is 36.8 Å². The van der Waals surface area contributed by atoms with Crippen molar-refractivity contribution >= 4 is 23.7 Å². The third kappa shape index (κ3) is 5.34. The molecule has 0 spiro atoms. The maximum atomic E-state index is 13.5. The molecule has 0 radical (unpaired) electrons. The molecule has 8 heteroatoms. The van der Waals surface area contributed by atoms with Crippen molar-refractivity contribution in [1.82, 2.24) is 15.5 Å². The van der Waals surface area contributed by atoms with E-state index in [4.69, 9.17) is 0 Å². The van der Waals surface area contributed by atoms with E-state index in [-0.39, 0.29) is 60.3 Å². The lowest BCUT2D eigenvalue weighted by Gasteiger charge is -2.18. The number of hydrogen-bond acceptors (Lipinski definition) is 4. The normalized spacial score (nSPS) is 26.6. The molecule has 6 rings (SSSR count). The summed E-state index contributed by atoms with van der Waals surface area (Å²) in [5.74, 6) is -2.67. The highest BCUT2D eigenvalue weighted by Gasteiger charge is 2.48. The molecule has 2 saturated carbocycles. The molecule has 3 aliphatic rings. The van der Waals surface area contributed by atoms with Crippen molar-refractivity contribution in [3.8, 4) is 0 Å². The highest BCUT2D eigenvalue weighted by molar-refractivity contribution is 5.98. The summed E-state index contributed by atoms with van der Waals surface area (Å²) in [5, 5.41) is 15.4. The van der Waals surface area contributed by atoms with Gasteiger partial charge in [0.2, 0.25) is 11.8 Å². The van der Waals surface area contributed by atoms with Crippen LogP contribution in [0, 0.1) is 11.8 Å². The molecule has 1 heterocycles. The van der Waals surface area contributed by atoms with E-state index >= 15 is 0 Å². The van der Waals surface area contributed by atoms with Gasteiger partial charge in [0, 0.05) is 42.6 Å². The van der Waals surface area contributed by atoms with Crippen LogP contribution in [0.25, 0.3) is 0 Å². The predicted molar refractivity (Wildman–Crippen MR) is 148 cm³/mol. The van der Waals surface area contributed by atoms with Crippen LogP contribution in [0.15, 0.2) is 84.9 Å². The zero-order chi connectivity index (χ0) is 27.8. The zero-order valence-corrected chi connectivity index (χ0v) is 21.9. The Hall–Kier alpha value is -4.46. The highest BCUT2D eigenvalue weighted by Crippen LogP contribution is 2.42. The molecule has 3 fully saturated rings. The summed E-state index contributed by atoms with van der Waals surface area (Å²) < 4.78 is 0. The van der Waals surface area contributed by atoms with Gasteiger partial charge in [0.15, 0.2) is 0 Å². The third-order valence-electron chi connectivity index (χ3n) is 8.35. The van der Waals surface area contributed by atoms with Gasteiger partial charge in [-0.1, -0.05) is 60.7 Å². The fourth-order valence-electron chi connectivity index (χ4n) is 5.86. The Bertz CT molecular complexity index is 1350. The Morgan fingerprint density at radius 3 is 1.48 bits per heavy atom. The molecule has 1 aliphatic heterocycles. The van der Waals surface area contributed by atoms with Gasteiger partial charge < -0.3 is 20.6 Å². The van der Waals surface area contributed by atoms with Gasteiger partial charge in [-0.05, 0) is 48.2 Å². The Morgan fingerprint density at radius 1 is 0.625 bits per heavy atom. The van der Waals surface area contributed by atoms with Crippen LogP contribution in [-0.4, -0.2) is 58.9 Å². The first kappa shape index (κ1) is 25.8. The van der Waals surface area contributed by atoms with Crippen LogP contribution in [0.4, 0.5) is 0 Å². The number of aromatic carboxylic acids is 1. The Balaban J connectivity index is 1.15. The molecular formula is C32H31N3O5. The minimum absolute atomic E-state index is 0.0119. The number of hydrogen-bond donors (Lipinski definition) is 3. The van der Waals surface area contributed by atoms with Crippen molar-refractivity contribution in [2.75, 3.05) is 13.1 Å². The van der Waals surface area contributed by atoms with Crippen LogP contribution in [0.5, 0.6) is 0 Å². The van der Waals surface area contributed by atoms with Gasteiger partial charge in [-0.2, -0.15) is 0 Å². The number of benzene rings is 3. The second kappa shape index (κ2) is 10.6. The number of likely N-dealkylation sites (tertiary alicyclic amines) is 1. The van der Waals surface area contributed by atoms with Crippen molar-refractivity contribution in [3.05, 3.63) is 107 Å². The second-order valence-electron chi connectivity index (χ2n) is 11.0. The molecule has 3 aromatic carbocycles. The van der Waals surface area contributed by atoms with Crippen LogP contribution >= 0.6 is 0 Å². The van der Waals surface area contributed by atoms with E-state index < -0.39 is 17.8 Å². The molecule has 3 aromatic rings. The van der Waals surface area contributed by atoms with Crippen LogP contribution in [0.1, 0.15) is 56.5 Å². The van der Waals surface area contributed by atoms with E-state index in [9.17, 15) is 24.3 Å². The summed E-state index contributed by atoms with van der Waals surface area (Å²) in [5.41, 5.74) is 2.76. The smallest absolute Gasteiger partial charge is 0.335 e. The summed E-state index contributed by atoms with van der Waals surface area (Å²) in [6, 6.07) is 25.8. The molecule has 8 nitrogen and oxygen atoms in total. The number of nitrogens with one attached hydrogen (secondary N) is 2. The average molecular weight is 538 g/mol. The highest BCUT2D eigenvalue weighted by atomic mass is 16.4. The van der Waals surface area contributed by atoms with E-state index in [0.717, 1.165) is 12.8 Å². The first-order chi connectivity index (χ1) is 19.4. The summed E-state index contributed by atoms with van der Waals surface area (Å²) in [6.07, 6.45) is 1.69. The molecule has 1 saturated heterocycles. The van der Waals surface area contributed by atoms with E-state index in [0.29, 0.717) is 5.56 Å². The lowest BCUT2D eigenvalue weighted by molar-refractivity contribution is -0.133. The van der Waals surface area contributed by atoms with Gasteiger partial charge in [0.1, 0.15) is 0 Å². The molecule has 40 heavy (non-hydrogen) atoms. The molecule has 2 aliphatic carbocycles. The van der Waals surface area contributed by atoms with Crippen molar-refractivity contribution in [3.63, 3.8) is 0 Å². The Kier molecular flexibility index (Phi) is 6.84. The largest absolute Gasteiger partial charge is 0.478 e. The van der Waals surface area contributed by atoms with Gasteiger partial charge in [-0.15, -0.1) is 0 Å². The number of carboxylic acid groups (broad SMARTS) is 1. The number of carbonyl (C=O) groups is 4. The van der Waals surface area contributed by atoms with Crippen LogP contribution in [-0.2, 0) is 9.59 Å². The molecule has 0 aromatic heterocycles. The number of amides is 3. The van der Waals surface area contributed by atoms with E-state index in [1.54, 1.807) is 0 Å². The molecule has 0 bridgehead atoms. The van der Waals surface area contributed by atoms with E-state index in [1.165, 1.54) is 40.3 Å². The second-order valence-corrected chi connectivity index (χ2v) is 11.0. The monoisotopic (exact) mass is 537 g/mol. The van der Waals surface area contributed by atoms with Gasteiger partial charge in [-0.25, -0.2) is 4.79 Å². The molecular weight excluding hydrogens is 506 g/mol. The number of carboxylic acids is 1. The van der Waals surface area contributed by atoms with Crippen LogP contribution in [0.3, 0.4) is 0 Å². The summed E-state index contributed by atoms with van der Waals surface area (Å²) >= 11 is 0. The van der Waals surface area contributed by atoms with Gasteiger partial charge in [-0.3, -0.25) is 14.4 Å². The van der Waals surface area contributed by atoms with Crippen molar-refractivity contribution < 1.29 is 24.3 Å². The molecule has 204 valence electrons. The maximum Gasteiger partial charge on any atom is 0.335 e. The number of nitrogens with zero attached hydrogens (tertiary/aromatic N) is 1. The summed E-state index contributed by atoms with van der Waals surface area (Å²) in [6.45, 7) is 0.248. The van der Waals surface area contributed by atoms with E-state index in [2.05, 4.69) is 34.9 Å². The average Bonchev–Trinajstić information content (AvgIpc) is 3.88. The Labute approximate surface area is 232 Å². The quantitative estimate of drug-likeness (QED) is 0.407. The minimum atomic E-state index is -1.07. The lowest BCUT2D eigenvalue weighted by Crippen LogP contribution is -2.43. The first-order valence-corrected chi connectivity index (χ1v) is 13.7. The topological polar surface area (TPSA) is 116 Å². The maximum absolute atomic E-state index is 13.5. The predicted octanol–water partition coefficient (Wildman–Crippen LogP) is 3.42. The van der Waals surface area contributed by atoms with Gasteiger partial charge >= 0.3 is 5.97 Å². The van der Waals surface area contributed by atoms with Crippen LogP contribution in [0.2, 0.25) is 0 Å². The molecule has 3 amide bonds. The third-order valence-corrected chi connectivity index (χ3v) is 8.35. The summed E-state index contributed by atoms with van der Waals surface area (Å²) in [4.78, 5) is 53.1. The van der Waals surface area contributed by atoms with Gasteiger partial charge in [0.05, 0.1) is 17.4 Å². The fourth-order valence-corrected chi connectivity index (χ4v) is 5.86. The fraction of sp³-hybridized carbons (Fsp3) is 0.312. The van der Waals surface area contributed by atoms with Gasteiger partial charge in [0.25, 0.3) is 5.91 Å². The molecule has 3 N–H and O–H groups in total. The van der Waals surface area contributed by atoms with E-state index in [1.807, 2.05) is 36.4 Å². The molecule has 6 atom stereocenters. The SMILES string of the molecule is O=C(O)c1ccc(C(=O)N2C[C@H](C(=O)N[C@@H]3C[C@H]3c3ccccc3)[C@@H](C(=O)N[C@@H]3C[C@H]3c3ccccc3)C2)cc1. The first-order valence-electron chi connectivity index (χ1n) is 13.7. The van der Waals surface area contributed by atoms with Crippen molar-refractivity contribution in [2.24, 2.45) is 11.8 Å². The number of carbonyl (C=O) groups excluding carboxylic acids is 3. The minimum Gasteiger partial charge on any atom is -0.478 e. The summed E-state index contributed by atoms with van der Waals surface area (Å²) in [7, 11) is 0. The van der Waals surface area contributed by atoms with Crippen LogP contribution < -0.4 is 10.6 Å². The standard InChI is InChI=1S/C32H31N3O5/c36-29(33-27-15-23(27)19-7-3-1-4-8-19)25-17-35(31(38)21-11-13-22(14-12-21)32(39)40)18-26(25)30(37)34-28-16-24(28)20-9-5-2-6-10-20/h1-14,23-28H,15-18H2,(H,33,36)(H,34,37)(H,39,40)/t23-,24-,25-,26-,27+,28+/m0/s1. The van der Waals surface area contributed by atoms with Crippen molar-refractivity contribution in [1.29, 1.82) is 0 Å². The number of rotatable bonds is 8. The zero-order valence-electron chi connectivity index (χ0n) is 21.9. The Morgan fingerprint density at radius 2 is 1.05 bits per heavy atom. The lowest BCUT2D eigenvalue weighted by atomic mass is 9.94. The molecule has 0 unspecified atom stereocenters.